The lowest BCUT2D eigenvalue weighted by molar-refractivity contribution is -0.131. The predicted molar refractivity (Wildman–Crippen MR) is 97.0 cm³/mol. The van der Waals surface area contributed by atoms with Gasteiger partial charge in [-0.2, -0.15) is 0 Å². The summed E-state index contributed by atoms with van der Waals surface area (Å²) in [6, 6.07) is 0. The van der Waals surface area contributed by atoms with Crippen LogP contribution in [0.3, 0.4) is 0 Å². The summed E-state index contributed by atoms with van der Waals surface area (Å²) < 4.78 is 5.65. The Morgan fingerprint density at radius 3 is 2.54 bits per heavy atom. The molecule has 1 saturated heterocycles. The zero-order valence-corrected chi connectivity index (χ0v) is 14.8. The van der Waals surface area contributed by atoms with E-state index in [1.54, 1.807) is 12.2 Å². The number of carboxylic acid groups (broad SMARTS) is 1. The maximum atomic E-state index is 10.2. The van der Waals surface area contributed by atoms with Crippen molar-refractivity contribution in [2.75, 3.05) is 0 Å². The first-order chi connectivity index (χ1) is 11.6. The molecular formula is C20H32O4. The molecule has 0 aromatic heterocycles. The lowest BCUT2D eigenvalue weighted by atomic mass is 10.0. The number of carboxylic acids is 1. The minimum absolute atomic E-state index is 0.229. The zero-order chi connectivity index (χ0) is 17.6. The summed E-state index contributed by atoms with van der Waals surface area (Å²) in [5.74, 6) is -0.943. The number of rotatable bonds is 14. The number of carbonyl (C=O) groups is 1. The van der Waals surface area contributed by atoms with E-state index in [0.29, 0.717) is 12.2 Å². The lowest BCUT2D eigenvalue weighted by Crippen LogP contribution is -2.08. The minimum atomic E-state index is -0.943. The molecule has 0 aromatic carbocycles. The molecule has 4 nitrogen and oxygen atoms in total. The van der Waals surface area contributed by atoms with Gasteiger partial charge in [0.15, 0.2) is 0 Å². The highest BCUT2D eigenvalue weighted by molar-refractivity contribution is 5.80. The molecule has 3 atom stereocenters. The number of allylic oxidation sites excluding steroid dienone is 5. The zero-order valence-electron chi connectivity index (χ0n) is 14.8. The first-order valence-electron chi connectivity index (χ1n) is 9.19. The highest BCUT2D eigenvalue weighted by Crippen LogP contribution is 2.31. The molecule has 0 radical (unpaired) electrons. The highest BCUT2D eigenvalue weighted by Gasteiger charge is 2.37. The number of epoxide rings is 1. The smallest absolute Gasteiger partial charge is 0.328 e. The quantitative estimate of drug-likeness (QED) is 0.213. The van der Waals surface area contributed by atoms with Gasteiger partial charge >= 0.3 is 5.97 Å². The Kier molecular flexibility index (Phi) is 11.2. The van der Waals surface area contributed by atoms with Crippen molar-refractivity contribution in [1.82, 2.24) is 0 Å². The molecule has 4 heteroatoms. The van der Waals surface area contributed by atoms with Crippen molar-refractivity contribution in [1.29, 1.82) is 0 Å². The van der Waals surface area contributed by atoms with E-state index in [9.17, 15) is 9.90 Å². The van der Waals surface area contributed by atoms with Crippen LogP contribution in [0.25, 0.3) is 0 Å². The molecule has 0 saturated carbocycles. The predicted octanol–water partition coefficient (Wildman–Crippen LogP) is 4.40. The van der Waals surface area contributed by atoms with E-state index in [1.807, 2.05) is 12.2 Å². The second-order valence-corrected chi connectivity index (χ2v) is 6.38. The summed E-state index contributed by atoms with van der Waals surface area (Å²) in [6.45, 7) is 2.21. The number of hydrogen-bond donors (Lipinski definition) is 2. The molecule has 1 aliphatic rings. The molecule has 0 spiro atoms. The fraction of sp³-hybridized carbons (Fsp3) is 0.650. The van der Waals surface area contributed by atoms with Crippen LogP contribution in [0.2, 0.25) is 0 Å². The third-order valence-corrected chi connectivity index (χ3v) is 4.18. The molecule has 0 bridgehead atoms. The lowest BCUT2D eigenvalue weighted by Gasteiger charge is -2.08. The number of aliphatic carboxylic acids is 1. The molecule has 1 fully saturated rings. The third kappa shape index (κ3) is 11.2. The Hall–Kier alpha value is -1.39. The van der Waals surface area contributed by atoms with Crippen LogP contribution in [0.5, 0.6) is 0 Å². The molecule has 1 aliphatic heterocycles. The summed E-state index contributed by atoms with van der Waals surface area (Å²) in [6.07, 6.45) is 20.1. The van der Waals surface area contributed by atoms with Gasteiger partial charge in [0.25, 0.3) is 0 Å². The average molecular weight is 336 g/mol. The van der Waals surface area contributed by atoms with Gasteiger partial charge < -0.3 is 14.9 Å². The van der Waals surface area contributed by atoms with Crippen LogP contribution in [0.15, 0.2) is 36.5 Å². The molecule has 24 heavy (non-hydrogen) atoms. The van der Waals surface area contributed by atoms with Crippen LogP contribution in [0.4, 0.5) is 0 Å². The Balaban J connectivity index is 1.95. The van der Waals surface area contributed by atoms with E-state index in [-0.39, 0.29) is 6.10 Å². The van der Waals surface area contributed by atoms with E-state index >= 15 is 0 Å². The van der Waals surface area contributed by atoms with Crippen molar-refractivity contribution < 1.29 is 19.7 Å². The summed E-state index contributed by atoms with van der Waals surface area (Å²) in [5.41, 5.74) is 0. The van der Waals surface area contributed by atoms with Gasteiger partial charge in [0.1, 0.15) is 0 Å². The minimum Gasteiger partial charge on any atom is -0.478 e. The van der Waals surface area contributed by atoms with Crippen LogP contribution in [0, 0.1) is 0 Å². The first-order valence-corrected chi connectivity index (χ1v) is 9.19. The van der Waals surface area contributed by atoms with Crippen molar-refractivity contribution in [2.24, 2.45) is 0 Å². The Morgan fingerprint density at radius 2 is 1.79 bits per heavy atom. The van der Waals surface area contributed by atoms with E-state index in [4.69, 9.17) is 9.84 Å². The standard InChI is InChI=1S/C20H32O4/c1-2-3-9-13-18-19(24-18)16-15-17(21)12-10-7-5-4-6-8-11-14-20(22)23/h4-6,8,11,14,17-19,21H,2-3,7,9-10,12-13,15-16H2,1H3,(H,22,23). The molecule has 1 rings (SSSR count). The molecule has 0 aromatic rings. The third-order valence-electron chi connectivity index (χ3n) is 4.18. The normalized spacial score (nSPS) is 21.9. The van der Waals surface area contributed by atoms with Crippen LogP contribution in [-0.2, 0) is 9.53 Å². The van der Waals surface area contributed by atoms with E-state index in [0.717, 1.165) is 38.2 Å². The van der Waals surface area contributed by atoms with Gasteiger partial charge in [0.2, 0.25) is 0 Å². The maximum Gasteiger partial charge on any atom is 0.328 e. The van der Waals surface area contributed by atoms with Crippen molar-refractivity contribution >= 4 is 5.97 Å². The van der Waals surface area contributed by atoms with Gasteiger partial charge in [-0.05, 0) is 38.5 Å². The van der Waals surface area contributed by atoms with E-state index < -0.39 is 5.97 Å². The molecular weight excluding hydrogens is 304 g/mol. The van der Waals surface area contributed by atoms with Crippen molar-refractivity contribution in [2.45, 2.75) is 83.0 Å². The summed E-state index contributed by atoms with van der Waals surface area (Å²) in [5, 5.41) is 18.4. The van der Waals surface area contributed by atoms with Gasteiger partial charge in [-0.15, -0.1) is 0 Å². The molecule has 1 heterocycles. The molecule has 136 valence electrons. The SMILES string of the molecule is CCCCCC1OC1CCC(O)CCCC=CC=CC=CC(=O)O. The summed E-state index contributed by atoms with van der Waals surface area (Å²) in [7, 11) is 0. The Labute approximate surface area is 145 Å². The van der Waals surface area contributed by atoms with E-state index in [1.165, 1.54) is 31.8 Å². The number of hydrogen-bond acceptors (Lipinski definition) is 3. The molecule has 3 unspecified atom stereocenters. The average Bonchev–Trinajstić information content (AvgIpc) is 3.30. The van der Waals surface area contributed by atoms with Gasteiger partial charge in [-0.1, -0.05) is 56.6 Å². The van der Waals surface area contributed by atoms with Crippen molar-refractivity contribution in [3.63, 3.8) is 0 Å². The molecule has 0 aliphatic carbocycles. The van der Waals surface area contributed by atoms with Gasteiger partial charge in [-0.25, -0.2) is 4.79 Å². The fourth-order valence-corrected chi connectivity index (χ4v) is 2.70. The largest absolute Gasteiger partial charge is 0.478 e. The van der Waals surface area contributed by atoms with Gasteiger partial charge in [0.05, 0.1) is 18.3 Å². The van der Waals surface area contributed by atoms with Gasteiger partial charge in [-0.3, -0.25) is 0 Å². The molecule has 0 amide bonds. The Morgan fingerprint density at radius 1 is 1.04 bits per heavy atom. The fourth-order valence-electron chi connectivity index (χ4n) is 2.70. The Bertz CT molecular complexity index is 425. The van der Waals surface area contributed by atoms with Crippen molar-refractivity contribution in [3.8, 4) is 0 Å². The number of ether oxygens (including phenoxy) is 1. The van der Waals surface area contributed by atoms with Gasteiger partial charge in [0, 0.05) is 6.08 Å². The van der Waals surface area contributed by atoms with Crippen LogP contribution in [0.1, 0.15) is 64.7 Å². The maximum absolute atomic E-state index is 10.2. The highest BCUT2D eigenvalue weighted by atomic mass is 16.6. The second kappa shape index (κ2) is 13.0. The first kappa shape index (κ1) is 20.7. The van der Waals surface area contributed by atoms with E-state index in [2.05, 4.69) is 6.92 Å². The topological polar surface area (TPSA) is 70.1 Å². The van der Waals surface area contributed by atoms with Crippen LogP contribution in [-0.4, -0.2) is 34.5 Å². The summed E-state index contributed by atoms with van der Waals surface area (Å²) in [4.78, 5) is 10.2. The number of aliphatic hydroxyl groups is 1. The second-order valence-electron chi connectivity index (χ2n) is 6.38. The molecule has 2 N–H and O–H groups in total. The summed E-state index contributed by atoms with van der Waals surface area (Å²) >= 11 is 0. The van der Waals surface area contributed by atoms with Crippen molar-refractivity contribution in [3.05, 3.63) is 36.5 Å². The monoisotopic (exact) mass is 336 g/mol. The number of aliphatic hydroxyl groups excluding tert-OH is 1. The van der Waals surface area contributed by atoms with Crippen LogP contribution >= 0.6 is 0 Å². The van der Waals surface area contributed by atoms with Crippen LogP contribution < -0.4 is 0 Å². The number of unbranched alkanes of at least 4 members (excludes halogenated alkanes) is 3.